The molecule has 20 rings (SSSR count). The number of sulfone groups is 1. The molecule has 0 spiro atoms. The van der Waals surface area contributed by atoms with Gasteiger partial charge in [0.15, 0.2) is 9.84 Å². The predicted octanol–water partition coefficient (Wildman–Crippen LogP) is 19.0. The Morgan fingerprint density at radius 3 is 0.972 bits per heavy atom. The molecule has 141 heavy (non-hydrogen) atoms. The molecule has 47 heteroatoms. The third-order valence-corrected chi connectivity index (χ3v) is 26.3. The van der Waals surface area contributed by atoms with E-state index in [0.717, 1.165) is 78.5 Å². The van der Waals surface area contributed by atoms with E-state index in [9.17, 15) is 108 Å². The lowest BCUT2D eigenvalue weighted by Crippen LogP contribution is -2.38. The summed E-state index contributed by atoms with van der Waals surface area (Å²) in [7, 11) is -3.30. The number of hydrogen-bond acceptors (Lipinski definition) is 20. The maximum Gasteiger partial charge on any atom is 0.416 e. The largest absolute Gasteiger partial charge is 0.449 e. The van der Waals surface area contributed by atoms with Gasteiger partial charge in [0.1, 0.15) is 0 Å². The lowest BCUT2D eigenvalue weighted by atomic mass is 9.88. The van der Waals surface area contributed by atoms with E-state index in [2.05, 4.69) is 41.2 Å². The molecule has 7 saturated heterocycles. The highest BCUT2D eigenvalue weighted by Crippen LogP contribution is 2.49. The second kappa shape index (κ2) is 40.0. The zero-order valence-electron chi connectivity index (χ0n) is 74.3. The van der Waals surface area contributed by atoms with E-state index in [1.165, 1.54) is 60.6 Å². The summed E-state index contributed by atoms with van der Waals surface area (Å²) in [5.41, 5.74) is 1.99. The lowest BCUT2D eigenvalue weighted by molar-refractivity contribution is -0.138. The minimum Gasteiger partial charge on any atom is -0.449 e. The van der Waals surface area contributed by atoms with Crippen LogP contribution in [0.4, 0.5) is 127 Å². The summed E-state index contributed by atoms with van der Waals surface area (Å²) in [5.74, 6) is -5.24. The number of hydrogen-bond donors (Lipinski definition) is 4. The Morgan fingerprint density at radius 2 is 0.674 bits per heavy atom. The molecular weight excluding hydrogens is 1910 g/mol. The fourth-order valence-electron chi connectivity index (χ4n) is 17.4. The standard InChI is InChI=1S/C25H25F3N4O4.C23H19F5N4O3.C23H21F3N4O5S.C23H21F3N4O4/c26-25(27,28)18-4-1-3-17(13-18)22(33)30-23-29-20-14-19(31-9-2-10-36-24(31)34)5-6-21(20)32(23)15-16-7-11-35-12-8-16;24-22(25)11-16(12-22)32-18-6-5-15(31-7-2-8-35-21(31)34)10-17(18)29-20(32)30-19(33)13-3-1-4-14(9-13)23(26,27)28;24-23(25,26)15-4-1-3-14(11-15)20(31)28-21-27-18-12-16(29-8-2-9-35-22(29)32)5-6-19(18)30(21)17-7-10-36(33,34)13-17;24-23(25,26)16-4-1-3-15(9-16)20(31)28-21-27-18-10-17(29-7-2-8-34-22(29)32)5-6-19(18)30(21)11-14-12-33-13-14/h1,3-6,13-14,16H,2,7-12,15H2,(H,29,30,33);1,3-6,9-10,16H,2,7-8,11-12H2,(H,29,30,33);1,3-6,11-12,17H,2,7-10,13H2,(H,27,28,31);1,3-6,9-10,14H,2,7-8,11-13H2,(H,27,28,31). The van der Waals surface area contributed by atoms with Crippen molar-refractivity contribution in [2.24, 2.45) is 11.8 Å². The molecule has 1 atom stereocenters. The number of carbonyl (C=O) groups excluding carboxylic acids is 8. The third kappa shape index (κ3) is 22.4. The summed E-state index contributed by atoms with van der Waals surface area (Å²) in [6, 6.07) is 35.7. The number of carbonyl (C=O) groups is 8. The number of amides is 8. The Balaban J connectivity index is 0.000000130. The lowest BCUT2D eigenvalue weighted by Gasteiger charge is -2.36. The molecule has 8 amide bonds. The number of nitrogens with one attached hydrogen (secondary N) is 4. The van der Waals surface area contributed by atoms with Crippen LogP contribution in [-0.2, 0) is 76.1 Å². The summed E-state index contributed by atoms with van der Waals surface area (Å²) >= 11 is 0. The van der Waals surface area contributed by atoms with E-state index in [1.54, 1.807) is 71.3 Å². The molecule has 7 aliphatic heterocycles. The van der Waals surface area contributed by atoms with E-state index >= 15 is 0 Å². The van der Waals surface area contributed by atoms with Crippen LogP contribution in [0.15, 0.2) is 170 Å². The maximum absolute atomic E-state index is 13.7. The number of aromatic nitrogens is 8. The Hall–Kier alpha value is -14.5. The number of nitrogens with zero attached hydrogens (tertiary/aromatic N) is 12. The molecule has 1 saturated carbocycles. The molecule has 12 aromatic rings. The van der Waals surface area contributed by atoms with Crippen molar-refractivity contribution < 1.29 is 137 Å². The van der Waals surface area contributed by atoms with Crippen LogP contribution in [0.1, 0.15) is 134 Å². The number of rotatable bonds is 18. The van der Waals surface area contributed by atoms with Crippen LogP contribution < -0.4 is 40.9 Å². The normalized spacial score (nSPS) is 18.1. The maximum atomic E-state index is 13.7. The van der Waals surface area contributed by atoms with Crippen molar-refractivity contribution >= 4 is 149 Å². The van der Waals surface area contributed by atoms with Crippen molar-refractivity contribution in [3.63, 3.8) is 0 Å². The highest BCUT2D eigenvalue weighted by atomic mass is 32.2. The molecule has 1 aliphatic carbocycles. The van der Waals surface area contributed by atoms with Crippen LogP contribution >= 0.6 is 0 Å². The first kappa shape index (κ1) is 98.1. The molecule has 742 valence electrons. The predicted molar refractivity (Wildman–Crippen MR) is 483 cm³/mol. The van der Waals surface area contributed by atoms with Crippen molar-refractivity contribution in [3.05, 3.63) is 214 Å². The number of benzene rings is 8. The Kier molecular flexibility index (Phi) is 27.8. The van der Waals surface area contributed by atoms with Crippen LogP contribution in [0, 0.1) is 11.8 Å². The summed E-state index contributed by atoms with van der Waals surface area (Å²) in [4.78, 5) is 124. The fourth-order valence-corrected chi connectivity index (χ4v) is 19.1. The van der Waals surface area contributed by atoms with Gasteiger partial charge >= 0.3 is 49.1 Å². The van der Waals surface area contributed by atoms with E-state index < -0.39 is 136 Å². The Labute approximate surface area is 791 Å². The van der Waals surface area contributed by atoms with Crippen molar-refractivity contribution in [1.29, 1.82) is 0 Å². The van der Waals surface area contributed by atoms with Gasteiger partial charge in [0.25, 0.3) is 29.6 Å². The first-order chi connectivity index (χ1) is 67.1. The molecular formula is C94H86F14N16O16S. The van der Waals surface area contributed by atoms with Crippen LogP contribution in [0.3, 0.4) is 0 Å². The minimum absolute atomic E-state index is 0.00730. The molecule has 8 aromatic carbocycles. The number of cyclic esters (lactones) is 4. The highest BCUT2D eigenvalue weighted by molar-refractivity contribution is 7.91. The van der Waals surface area contributed by atoms with E-state index in [0.29, 0.717) is 186 Å². The van der Waals surface area contributed by atoms with Crippen molar-refractivity contribution in [3.8, 4) is 0 Å². The first-order valence-corrected chi connectivity index (χ1v) is 46.4. The summed E-state index contributed by atoms with van der Waals surface area (Å²) in [5, 5.41) is 10.4. The smallest absolute Gasteiger partial charge is 0.416 e. The second-order valence-corrected chi connectivity index (χ2v) is 36.7. The first-order valence-electron chi connectivity index (χ1n) is 44.6. The number of halogens is 14. The van der Waals surface area contributed by atoms with Crippen LogP contribution in [0.2, 0.25) is 0 Å². The van der Waals surface area contributed by atoms with Gasteiger partial charge in [0, 0.05) is 122 Å². The minimum atomic E-state index is -4.63. The summed E-state index contributed by atoms with van der Waals surface area (Å²) in [6.45, 7) is 6.81. The quantitative estimate of drug-likeness (QED) is 0.0458. The van der Waals surface area contributed by atoms with Gasteiger partial charge < -0.3 is 46.7 Å². The van der Waals surface area contributed by atoms with Crippen LogP contribution in [-0.4, -0.2) is 191 Å². The van der Waals surface area contributed by atoms with E-state index in [1.807, 2.05) is 15.2 Å². The number of ether oxygens (including phenoxy) is 6. The van der Waals surface area contributed by atoms with Gasteiger partial charge in [-0.25, -0.2) is 56.3 Å². The van der Waals surface area contributed by atoms with Crippen molar-refractivity contribution in [1.82, 2.24) is 38.2 Å². The highest BCUT2D eigenvalue weighted by Gasteiger charge is 2.48. The SMILES string of the molecule is O=C(Nc1nc2cc(N3CCCOC3=O)ccc2n1C1CC(F)(F)C1)c1cccc(C(F)(F)F)c1.O=C(Nc1nc2cc(N3CCCOC3=O)ccc2n1C1CCS(=O)(=O)C1)c1cccc(C(F)(F)F)c1.O=C(Nc1nc2cc(N3CCCOC3=O)ccc2n1CC1CCOCC1)c1cccc(C(F)(F)F)c1.O=C(Nc1nc2cc(N3CCCOC3=O)ccc2n1CC1COC1)c1cccc(C(F)(F)F)c1. The molecule has 4 N–H and O–H groups in total. The number of fused-ring (bicyclic) bond motifs is 4. The summed E-state index contributed by atoms with van der Waals surface area (Å²) < 4.78 is 247. The van der Waals surface area contributed by atoms with Gasteiger partial charge in [-0.15, -0.1) is 0 Å². The molecule has 0 radical (unpaired) electrons. The average molecular weight is 1990 g/mol. The molecule has 1 unspecified atom stereocenters. The molecule has 4 aromatic heterocycles. The van der Waals surface area contributed by atoms with Crippen LogP contribution in [0.5, 0.6) is 0 Å². The molecule has 8 aliphatic rings. The van der Waals surface area contributed by atoms with Gasteiger partial charge in [0.05, 0.1) is 124 Å². The topological polar surface area (TPSA) is 358 Å². The zero-order valence-corrected chi connectivity index (χ0v) is 75.1. The van der Waals surface area contributed by atoms with Crippen molar-refractivity contribution in [2.75, 3.05) is 131 Å². The molecule has 8 fully saturated rings. The van der Waals surface area contributed by atoms with Crippen molar-refractivity contribution in [2.45, 2.75) is 114 Å². The van der Waals surface area contributed by atoms with Crippen LogP contribution in [0.25, 0.3) is 44.1 Å². The van der Waals surface area contributed by atoms with Gasteiger partial charge in [0.2, 0.25) is 23.8 Å². The van der Waals surface area contributed by atoms with Gasteiger partial charge in [-0.2, -0.15) is 52.7 Å². The molecule has 11 heterocycles. The fraction of sp³-hybridized carbons (Fsp3) is 0.362. The summed E-state index contributed by atoms with van der Waals surface area (Å²) in [6.07, 6.45) is -16.5. The average Bonchev–Trinajstić information content (AvgIpc) is 1.62. The molecule has 32 nitrogen and oxygen atoms in total. The second-order valence-electron chi connectivity index (χ2n) is 34.4. The zero-order chi connectivity index (χ0) is 99.8. The van der Waals surface area contributed by atoms with Gasteiger partial charge in [-0.1, -0.05) is 24.3 Å². The molecule has 0 bridgehead atoms. The number of alkyl halides is 14. The monoisotopic (exact) mass is 1990 g/mol. The van der Waals surface area contributed by atoms with E-state index in [-0.39, 0.29) is 69.4 Å². The van der Waals surface area contributed by atoms with Gasteiger partial charge in [-0.05, 0) is 196 Å². The number of anilines is 8. The third-order valence-electron chi connectivity index (χ3n) is 24.6. The Bertz CT molecular complexity index is 6950. The van der Waals surface area contributed by atoms with Gasteiger partial charge in [-0.3, -0.25) is 60.0 Å². The van der Waals surface area contributed by atoms with E-state index in [4.69, 9.17) is 28.4 Å². The number of imidazole rings is 4. The Morgan fingerprint density at radius 1 is 0.369 bits per heavy atom.